The summed E-state index contributed by atoms with van der Waals surface area (Å²) >= 11 is 0. The second-order valence-electron chi connectivity index (χ2n) is 5.48. The van der Waals surface area contributed by atoms with Gasteiger partial charge in [-0.15, -0.1) is 0 Å². The number of hydrogen-bond acceptors (Lipinski definition) is 2. The van der Waals surface area contributed by atoms with Crippen LogP contribution in [-0.2, 0) is 12.0 Å². The van der Waals surface area contributed by atoms with E-state index in [1.54, 1.807) is 25.4 Å². The van der Waals surface area contributed by atoms with Crippen molar-refractivity contribution in [2.75, 3.05) is 0 Å². The molecule has 1 heterocycles. The third-order valence-electron chi connectivity index (χ3n) is 3.70. The number of hydrogen-bond donors (Lipinski definition) is 1. The van der Waals surface area contributed by atoms with Crippen molar-refractivity contribution in [3.8, 4) is 0 Å². The van der Waals surface area contributed by atoms with Gasteiger partial charge < -0.3 is 5.11 Å². The van der Waals surface area contributed by atoms with Crippen LogP contribution >= 0.6 is 0 Å². The van der Waals surface area contributed by atoms with Gasteiger partial charge in [0, 0.05) is 24.2 Å². The molecule has 106 valence electrons. The molecule has 0 aliphatic carbocycles. The maximum atomic E-state index is 13.3. The van der Waals surface area contributed by atoms with Crippen LogP contribution in [0, 0.1) is 5.82 Å². The summed E-state index contributed by atoms with van der Waals surface area (Å²) in [7, 11) is 0. The van der Waals surface area contributed by atoms with Crippen molar-refractivity contribution in [2.45, 2.75) is 18.9 Å². The lowest BCUT2D eigenvalue weighted by Gasteiger charge is -2.25. The number of halogens is 1. The van der Waals surface area contributed by atoms with Crippen LogP contribution < -0.4 is 0 Å². The SMILES string of the molecule is CC(O)(Cc1cccc(F)c1)c1cccc2ccncc12. The lowest BCUT2D eigenvalue weighted by Crippen LogP contribution is -2.24. The fourth-order valence-electron chi connectivity index (χ4n) is 2.72. The number of rotatable bonds is 3. The van der Waals surface area contributed by atoms with Crippen LogP contribution in [-0.4, -0.2) is 10.1 Å². The molecule has 0 saturated heterocycles. The van der Waals surface area contributed by atoms with Crippen molar-refractivity contribution in [2.24, 2.45) is 0 Å². The molecule has 0 aliphatic heterocycles. The predicted octanol–water partition coefficient (Wildman–Crippen LogP) is 3.82. The minimum absolute atomic E-state index is 0.289. The molecule has 3 rings (SSSR count). The Kier molecular flexibility index (Phi) is 3.43. The fraction of sp³-hybridized carbons (Fsp3) is 0.167. The molecule has 1 N–H and O–H groups in total. The normalized spacial score (nSPS) is 14.0. The van der Waals surface area contributed by atoms with Crippen molar-refractivity contribution < 1.29 is 9.50 Å². The molecule has 0 spiro atoms. The molecular formula is C18H16FNO. The number of benzene rings is 2. The number of nitrogens with zero attached hydrogens (tertiary/aromatic N) is 1. The predicted molar refractivity (Wildman–Crippen MR) is 81.4 cm³/mol. The number of aromatic nitrogens is 1. The summed E-state index contributed by atoms with van der Waals surface area (Å²) in [6.45, 7) is 1.75. The number of pyridine rings is 1. The first-order valence-electron chi connectivity index (χ1n) is 6.86. The first-order chi connectivity index (χ1) is 10.1. The summed E-state index contributed by atoms with van der Waals surface area (Å²) in [6, 6.07) is 14.0. The fourth-order valence-corrected chi connectivity index (χ4v) is 2.72. The van der Waals surface area contributed by atoms with Crippen LogP contribution in [0.25, 0.3) is 10.8 Å². The number of fused-ring (bicyclic) bond motifs is 1. The number of aliphatic hydroxyl groups is 1. The molecule has 1 atom stereocenters. The Hall–Kier alpha value is -2.26. The molecule has 3 heteroatoms. The average Bonchev–Trinajstić information content (AvgIpc) is 2.46. The Morgan fingerprint density at radius 1 is 1.14 bits per heavy atom. The molecule has 0 radical (unpaired) electrons. The molecule has 1 unspecified atom stereocenters. The van der Waals surface area contributed by atoms with E-state index in [0.29, 0.717) is 6.42 Å². The van der Waals surface area contributed by atoms with Crippen LogP contribution in [0.5, 0.6) is 0 Å². The Morgan fingerprint density at radius 2 is 1.95 bits per heavy atom. The van der Waals surface area contributed by atoms with Gasteiger partial charge in [-0.3, -0.25) is 4.98 Å². The second kappa shape index (κ2) is 5.26. The van der Waals surface area contributed by atoms with Crippen molar-refractivity contribution in [3.05, 3.63) is 77.9 Å². The van der Waals surface area contributed by atoms with Gasteiger partial charge in [0.15, 0.2) is 0 Å². The van der Waals surface area contributed by atoms with Gasteiger partial charge in [0.1, 0.15) is 5.82 Å². The summed E-state index contributed by atoms with van der Waals surface area (Å²) in [5, 5.41) is 12.8. The Balaban J connectivity index is 2.04. The highest BCUT2D eigenvalue weighted by Crippen LogP contribution is 2.31. The van der Waals surface area contributed by atoms with Crippen molar-refractivity contribution >= 4 is 10.8 Å². The molecule has 3 aromatic rings. The van der Waals surface area contributed by atoms with Crippen molar-refractivity contribution in [1.29, 1.82) is 0 Å². The van der Waals surface area contributed by atoms with Crippen LogP contribution in [0.1, 0.15) is 18.1 Å². The van der Waals surface area contributed by atoms with E-state index >= 15 is 0 Å². The Morgan fingerprint density at radius 3 is 2.76 bits per heavy atom. The summed E-state index contributed by atoms with van der Waals surface area (Å²) in [6.07, 6.45) is 3.83. The molecule has 0 aliphatic rings. The molecule has 21 heavy (non-hydrogen) atoms. The van der Waals surface area contributed by atoms with Crippen LogP contribution in [0.15, 0.2) is 60.9 Å². The van der Waals surface area contributed by atoms with Crippen molar-refractivity contribution in [3.63, 3.8) is 0 Å². The van der Waals surface area contributed by atoms with E-state index in [4.69, 9.17) is 0 Å². The van der Waals surface area contributed by atoms with E-state index in [2.05, 4.69) is 4.98 Å². The molecule has 0 amide bonds. The molecule has 2 nitrogen and oxygen atoms in total. The van der Waals surface area contributed by atoms with E-state index in [9.17, 15) is 9.50 Å². The van der Waals surface area contributed by atoms with Crippen LogP contribution in [0.4, 0.5) is 4.39 Å². The lowest BCUT2D eigenvalue weighted by molar-refractivity contribution is 0.0591. The van der Waals surface area contributed by atoms with E-state index in [-0.39, 0.29) is 5.82 Å². The average molecular weight is 281 g/mol. The summed E-state index contributed by atoms with van der Waals surface area (Å²) in [4.78, 5) is 4.14. The van der Waals surface area contributed by atoms with Gasteiger partial charge in [-0.25, -0.2) is 4.39 Å². The summed E-state index contributed by atoms with van der Waals surface area (Å²) in [5.74, 6) is -0.289. The van der Waals surface area contributed by atoms with Crippen LogP contribution in [0.3, 0.4) is 0 Å². The second-order valence-corrected chi connectivity index (χ2v) is 5.48. The zero-order valence-electron chi connectivity index (χ0n) is 11.8. The van der Waals surface area contributed by atoms with E-state index in [0.717, 1.165) is 21.9 Å². The molecule has 0 fully saturated rings. The minimum atomic E-state index is -1.09. The van der Waals surface area contributed by atoms with Gasteiger partial charge in [0.05, 0.1) is 5.60 Å². The molecule has 2 aromatic carbocycles. The third-order valence-corrected chi connectivity index (χ3v) is 3.70. The molecular weight excluding hydrogens is 265 g/mol. The van der Waals surface area contributed by atoms with Gasteiger partial charge in [-0.2, -0.15) is 0 Å². The third kappa shape index (κ3) is 2.78. The minimum Gasteiger partial charge on any atom is -0.385 e. The standard InChI is InChI=1S/C18H16FNO/c1-18(21,11-13-4-2-6-15(19)10-13)17-7-3-5-14-8-9-20-12-16(14)17/h2-10,12,21H,11H2,1H3. The summed E-state index contributed by atoms with van der Waals surface area (Å²) < 4.78 is 13.3. The maximum Gasteiger partial charge on any atom is 0.123 e. The quantitative estimate of drug-likeness (QED) is 0.791. The summed E-state index contributed by atoms with van der Waals surface area (Å²) in [5.41, 5.74) is 0.481. The molecule has 0 saturated carbocycles. The molecule has 0 bridgehead atoms. The zero-order chi connectivity index (χ0) is 14.9. The highest BCUT2D eigenvalue weighted by Gasteiger charge is 2.25. The zero-order valence-corrected chi connectivity index (χ0v) is 11.8. The lowest BCUT2D eigenvalue weighted by atomic mass is 9.86. The highest BCUT2D eigenvalue weighted by molar-refractivity contribution is 5.85. The largest absolute Gasteiger partial charge is 0.385 e. The maximum absolute atomic E-state index is 13.3. The van der Waals surface area contributed by atoms with Gasteiger partial charge in [0.2, 0.25) is 0 Å². The van der Waals surface area contributed by atoms with Gasteiger partial charge in [0.25, 0.3) is 0 Å². The van der Waals surface area contributed by atoms with Crippen LogP contribution in [0.2, 0.25) is 0 Å². The Labute approximate surface area is 122 Å². The van der Waals surface area contributed by atoms with E-state index in [1.165, 1.54) is 12.1 Å². The van der Waals surface area contributed by atoms with E-state index < -0.39 is 5.60 Å². The smallest absolute Gasteiger partial charge is 0.123 e. The first kappa shape index (κ1) is 13.7. The van der Waals surface area contributed by atoms with Crippen molar-refractivity contribution in [1.82, 2.24) is 4.98 Å². The topological polar surface area (TPSA) is 33.1 Å². The van der Waals surface area contributed by atoms with Gasteiger partial charge in [-0.05, 0) is 41.6 Å². The Bertz CT molecular complexity index is 778. The van der Waals surface area contributed by atoms with Gasteiger partial charge in [-0.1, -0.05) is 30.3 Å². The monoisotopic (exact) mass is 281 g/mol. The molecule has 1 aromatic heterocycles. The first-order valence-corrected chi connectivity index (χ1v) is 6.86. The van der Waals surface area contributed by atoms with Gasteiger partial charge >= 0.3 is 0 Å². The van der Waals surface area contributed by atoms with E-state index in [1.807, 2.05) is 30.3 Å². The highest BCUT2D eigenvalue weighted by atomic mass is 19.1.